The summed E-state index contributed by atoms with van der Waals surface area (Å²) in [4.78, 5) is 8.59. The van der Waals surface area contributed by atoms with Crippen molar-refractivity contribution in [1.29, 1.82) is 0 Å². The Bertz CT molecular complexity index is 534. The summed E-state index contributed by atoms with van der Waals surface area (Å²) in [6.45, 7) is 9.71. The predicted molar refractivity (Wildman–Crippen MR) is 76.3 cm³/mol. The van der Waals surface area contributed by atoms with Crippen LogP contribution in [0.1, 0.15) is 50.9 Å². The van der Waals surface area contributed by atoms with Gasteiger partial charge in [-0.15, -0.1) is 0 Å². The van der Waals surface area contributed by atoms with Gasteiger partial charge >= 0.3 is 0 Å². The van der Waals surface area contributed by atoms with Gasteiger partial charge in [-0.25, -0.2) is 9.50 Å². The molecule has 0 bridgehead atoms. The largest absolute Gasteiger partial charge is 0.313 e. The molecule has 0 saturated heterocycles. The van der Waals surface area contributed by atoms with E-state index in [-0.39, 0.29) is 0 Å². The zero-order chi connectivity index (χ0) is 13.8. The van der Waals surface area contributed by atoms with Gasteiger partial charge in [0.2, 0.25) is 0 Å². The summed E-state index contributed by atoms with van der Waals surface area (Å²) in [6, 6.07) is 2.57. The number of fused-ring (bicyclic) bond motifs is 1. The number of hydrogen-bond acceptors (Lipinski definition) is 4. The van der Waals surface area contributed by atoms with Crippen LogP contribution in [0.5, 0.6) is 0 Å². The number of nitrogens with zero attached hydrogens (tertiary/aromatic N) is 4. The predicted octanol–water partition coefficient (Wildman–Crippen LogP) is 2.31. The molecule has 2 heterocycles. The smallest absolute Gasteiger partial charge is 0.252 e. The van der Waals surface area contributed by atoms with Gasteiger partial charge in [0.05, 0.1) is 5.69 Å². The first kappa shape index (κ1) is 13.9. The van der Waals surface area contributed by atoms with E-state index in [1.54, 1.807) is 6.33 Å². The van der Waals surface area contributed by atoms with Gasteiger partial charge in [-0.3, -0.25) is 0 Å². The van der Waals surface area contributed by atoms with Crippen molar-refractivity contribution >= 4 is 5.78 Å². The fourth-order valence-electron chi connectivity index (χ4n) is 2.49. The number of aryl methyl sites for hydroxylation is 1. The van der Waals surface area contributed by atoms with Crippen LogP contribution in [0, 0.1) is 6.92 Å². The van der Waals surface area contributed by atoms with E-state index < -0.39 is 0 Å². The lowest BCUT2D eigenvalue weighted by Gasteiger charge is -2.24. The third kappa shape index (κ3) is 2.92. The molecule has 0 aromatic carbocycles. The Hall–Kier alpha value is -1.49. The van der Waals surface area contributed by atoms with Crippen LogP contribution in [-0.2, 0) is 0 Å². The van der Waals surface area contributed by atoms with E-state index in [1.807, 2.05) is 11.4 Å². The number of hydrogen-bond donors (Lipinski definition) is 1. The van der Waals surface area contributed by atoms with Crippen molar-refractivity contribution in [2.24, 2.45) is 0 Å². The van der Waals surface area contributed by atoms with Crippen molar-refractivity contribution < 1.29 is 0 Å². The van der Waals surface area contributed by atoms with Gasteiger partial charge in [0, 0.05) is 17.7 Å². The molecule has 0 fully saturated rings. The SMILES string of the molecule is CCCNC(CC)C(C)c1cc(C)nc2ncnn12. The molecule has 2 rings (SSSR count). The van der Waals surface area contributed by atoms with Crippen molar-refractivity contribution in [3.8, 4) is 0 Å². The molecule has 0 radical (unpaired) electrons. The van der Waals surface area contributed by atoms with Crippen LogP contribution >= 0.6 is 0 Å². The molecule has 2 unspecified atom stereocenters. The molecule has 0 saturated carbocycles. The van der Waals surface area contributed by atoms with E-state index in [4.69, 9.17) is 0 Å². The summed E-state index contributed by atoms with van der Waals surface area (Å²) in [7, 11) is 0. The van der Waals surface area contributed by atoms with Crippen LogP contribution in [0.15, 0.2) is 12.4 Å². The minimum Gasteiger partial charge on any atom is -0.313 e. The summed E-state index contributed by atoms with van der Waals surface area (Å²) >= 11 is 0. The van der Waals surface area contributed by atoms with Crippen LogP contribution in [0.2, 0.25) is 0 Å². The van der Waals surface area contributed by atoms with E-state index in [0.29, 0.717) is 17.7 Å². The molecular weight excluding hydrogens is 238 g/mol. The van der Waals surface area contributed by atoms with Crippen molar-refractivity contribution in [2.45, 2.75) is 52.5 Å². The Kier molecular flexibility index (Phi) is 4.47. The van der Waals surface area contributed by atoms with E-state index in [0.717, 1.165) is 25.1 Å². The number of nitrogens with one attached hydrogen (secondary N) is 1. The lowest BCUT2D eigenvalue weighted by atomic mass is 9.95. The fourth-order valence-corrected chi connectivity index (χ4v) is 2.49. The van der Waals surface area contributed by atoms with Crippen LogP contribution in [-0.4, -0.2) is 32.2 Å². The standard InChI is InChI=1S/C14H23N5/c1-5-7-15-12(6-2)11(4)13-8-10(3)18-14-16-9-17-19(13)14/h8-9,11-12,15H,5-7H2,1-4H3. The highest BCUT2D eigenvalue weighted by Gasteiger charge is 2.20. The van der Waals surface area contributed by atoms with Gasteiger partial charge in [0.25, 0.3) is 5.78 Å². The Morgan fingerprint density at radius 2 is 2.16 bits per heavy atom. The van der Waals surface area contributed by atoms with Crippen LogP contribution in [0.4, 0.5) is 0 Å². The molecule has 0 amide bonds. The van der Waals surface area contributed by atoms with Gasteiger partial charge < -0.3 is 5.32 Å². The number of rotatable bonds is 6. The molecule has 0 spiro atoms. The minimum atomic E-state index is 0.377. The molecule has 5 heteroatoms. The van der Waals surface area contributed by atoms with E-state index in [1.165, 1.54) is 5.69 Å². The molecule has 0 aliphatic heterocycles. The van der Waals surface area contributed by atoms with E-state index in [9.17, 15) is 0 Å². The maximum atomic E-state index is 4.39. The number of aromatic nitrogens is 4. The molecule has 0 aliphatic carbocycles. The third-order valence-corrected chi connectivity index (χ3v) is 3.57. The molecule has 2 aromatic heterocycles. The first-order valence-corrected chi connectivity index (χ1v) is 7.08. The fraction of sp³-hybridized carbons (Fsp3) is 0.643. The second kappa shape index (κ2) is 6.10. The summed E-state index contributed by atoms with van der Waals surface area (Å²) in [5, 5.41) is 7.90. The highest BCUT2D eigenvalue weighted by molar-refractivity contribution is 5.31. The first-order valence-electron chi connectivity index (χ1n) is 7.08. The van der Waals surface area contributed by atoms with Crippen LogP contribution < -0.4 is 5.32 Å². The average Bonchev–Trinajstić information content (AvgIpc) is 2.86. The Balaban J connectivity index is 2.33. The minimum absolute atomic E-state index is 0.377. The van der Waals surface area contributed by atoms with E-state index in [2.05, 4.69) is 47.2 Å². The summed E-state index contributed by atoms with van der Waals surface area (Å²) in [6.07, 6.45) is 3.81. The van der Waals surface area contributed by atoms with E-state index >= 15 is 0 Å². The maximum absolute atomic E-state index is 4.39. The highest BCUT2D eigenvalue weighted by atomic mass is 15.3. The molecule has 104 valence electrons. The van der Waals surface area contributed by atoms with Crippen LogP contribution in [0.3, 0.4) is 0 Å². The molecule has 5 nitrogen and oxygen atoms in total. The summed E-state index contributed by atoms with van der Waals surface area (Å²) in [5.41, 5.74) is 2.17. The Labute approximate surface area is 114 Å². The third-order valence-electron chi connectivity index (χ3n) is 3.57. The van der Waals surface area contributed by atoms with Crippen molar-refractivity contribution in [3.05, 3.63) is 23.8 Å². The quantitative estimate of drug-likeness (QED) is 0.867. The van der Waals surface area contributed by atoms with Gasteiger partial charge in [-0.1, -0.05) is 20.8 Å². The van der Waals surface area contributed by atoms with Gasteiger partial charge in [0.15, 0.2) is 0 Å². The second-order valence-electron chi connectivity index (χ2n) is 5.05. The average molecular weight is 261 g/mol. The lowest BCUT2D eigenvalue weighted by molar-refractivity contribution is 0.427. The maximum Gasteiger partial charge on any atom is 0.252 e. The Morgan fingerprint density at radius 3 is 2.84 bits per heavy atom. The second-order valence-corrected chi connectivity index (χ2v) is 5.05. The van der Waals surface area contributed by atoms with Gasteiger partial charge in [0.1, 0.15) is 6.33 Å². The van der Waals surface area contributed by atoms with Crippen molar-refractivity contribution in [3.63, 3.8) is 0 Å². The lowest BCUT2D eigenvalue weighted by Crippen LogP contribution is -2.34. The topological polar surface area (TPSA) is 55.1 Å². The first-order chi connectivity index (χ1) is 9.17. The van der Waals surface area contributed by atoms with Gasteiger partial charge in [-0.05, 0) is 32.4 Å². The zero-order valence-corrected chi connectivity index (χ0v) is 12.2. The summed E-state index contributed by atoms with van der Waals surface area (Å²) < 4.78 is 1.86. The monoisotopic (exact) mass is 261 g/mol. The normalized spacial score (nSPS) is 14.7. The molecular formula is C14H23N5. The summed E-state index contributed by atoms with van der Waals surface area (Å²) in [5.74, 6) is 1.06. The zero-order valence-electron chi connectivity index (χ0n) is 12.2. The van der Waals surface area contributed by atoms with Crippen molar-refractivity contribution in [1.82, 2.24) is 24.9 Å². The van der Waals surface area contributed by atoms with Crippen LogP contribution in [0.25, 0.3) is 5.78 Å². The molecule has 2 atom stereocenters. The highest BCUT2D eigenvalue weighted by Crippen LogP contribution is 2.21. The molecule has 2 aromatic rings. The molecule has 0 aliphatic rings. The van der Waals surface area contributed by atoms with Gasteiger partial charge in [-0.2, -0.15) is 10.1 Å². The van der Waals surface area contributed by atoms with Crippen molar-refractivity contribution in [2.75, 3.05) is 6.54 Å². The Morgan fingerprint density at radius 1 is 1.37 bits per heavy atom. The molecule has 19 heavy (non-hydrogen) atoms. The molecule has 1 N–H and O–H groups in total.